The number of hydrogen-bond acceptors (Lipinski definition) is 3. The van der Waals surface area contributed by atoms with Gasteiger partial charge in [0.05, 0.1) is 0 Å². The van der Waals surface area contributed by atoms with Gasteiger partial charge in [0.25, 0.3) is 0 Å². The predicted molar refractivity (Wildman–Crippen MR) is 51.9 cm³/mol. The third-order valence-electron chi connectivity index (χ3n) is 2.70. The molecular formula is C10H17NO3. The van der Waals surface area contributed by atoms with E-state index in [1.807, 2.05) is 6.92 Å². The van der Waals surface area contributed by atoms with Crippen molar-refractivity contribution in [3.8, 4) is 0 Å². The molecule has 1 amide bonds. The van der Waals surface area contributed by atoms with Crippen molar-refractivity contribution in [1.82, 2.24) is 4.90 Å². The molecular weight excluding hydrogens is 182 g/mol. The van der Waals surface area contributed by atoms with E-state index in [1.165, 1.54) is 0 Å². The Morgan fingerprint density at radius 2 is 2.07 bits per heavy atom. The van der Waals surface area contributed by atoms with Crippen LogP contribution in [0.3, 0.4) is 0 Å². The lowest BCUT2D eigenvalue weighted by Gasteiger charge is -2.37. The van der Waals surface area contributed by atoms with Crippen molar-refractivity contribution in [1.29, 1.82) is 0 Å². The number of piperidine rings is 1. The minimum atomic E-state index is -0.638. The van der Waals surface area contributed by atoms with Crippen molar-refractivity contribution in [2.24, 2.45) is 0 Å². The van der Waals surface area contributed by atoms with Crippen LogP contribution in [-0.2, 0) is 14.3 Å². The molecule has 80 valence electrons. The van der Waals surface area contributed by atoms with Crippen molar-refractivity contribution in [2.75, 3.05) is 19.7 Å². The predicted octanol–water partition coefficient (Wildman–Crippen LogP) is 0.603. The molecule has 0 saturated carbocycles. The third-order valence-corrected chi connectivity index (χ3v) is 2.70. The summed E-state index contributed by atoms with van der Waals surface area (Å²) in [5, 5.41) is 0. The number of amides is 1. The second-order valence-electron chi connectivity index (χ2n) is 3.62. The van der Waals surface area contributed by atoms with Crippen molar-refractivity contribution in [2.45, 2.75) is 32.3 Å². The number of carbonyl (C=O) groups is 2. The fourth-order valence-corrected chi connectivity index (χ4v) is 1.78. The molecule has 1 aliphatic heterocycles. The molecule has 1 fully saturated rings. The highest BCUT2D eigenvalue weighted by Crippen LogP contribution is 2.24. The topological polar surface area (TPSA) is 46.6 Å². The number of carbonyl (C=O) groups excluding carboxylic acids is 2. The van der Waals surface area contributed by atoms with Gasteiger partial charge < -0.3 is 14.4 Å². The van der Waals surface area contributed by atoms with Gasteiger partial charge in [-0.15, -0.1) is 0 Å². The molecule has 0 unspecified atom stereocenters. The molecule has 0 aliphatic carbocycles. The first-order valence-electron chi connectivity index (χ1n) is 4.99. The third kappa shape index (κ3) is 2.32. The Hall–Kier alpha value is -0.900. The van der Waals surface area contributed by atoms with E-state index >= 15 is 0 Å². The molecule has 0 aromatic heterocycles. The largest absolute Gasteiger partial charge is 0.368 e. The second kappa shape index (κ2) is 4.55. The van der Waals surface area contributed by atoms with E-state index in [0.717, 1.165) is 6.29 Å². The molecule has 0 radical (unpaired) electrons. The molecule has 1 aliphatic rings. The van der Waals surface area contributed by atoms with E-state index in [9.17, 15) is 9.59 Å². The molecule has 1 saturated heterocycles. The molecule has 0 atom stereocenters. The lowest BCUT2D eigenvalue weighted by molar-refractivity contribution is -0.144. The number of rotatable bonds is 3. The van der Waals surface area contributed by atoms with Crippen LogP contribution in [-0.4, -0.2) is 42.4 Å². The monoisotopic (exact) mass is 199 g/mol. The zero-order valence-corrected chi connectivity index (χ0v) is 8.78. The summed E-state index contributed by atoms with van der Waals surface area (Å²) < 4.78 is 5.44. The van der Waals surface area contributed by atoms with Crippen LogP contribution in [0.15, 0.2) is 0 Å². The van der Waals surface area contributed by atoms with Gasteiger partial charge in [-0.2, -0.15) is 0 Å². The Morgan fingerprint density at radius 1 is 1.50 bits per heavy atom. The summed E-state index contributed by atoms with van der Waals surface area (Å²) in [6, 6.07) is 0. The molecule has 1 heterocycles. The van der Waals surface area contributed by atoms with Gasteiger partial charge in [-0.3, -0.25) is 4.79 Å². The maximum absolute atomic E-state index is 11.1. The standard InChI is InChI=1S/C10H17NO3/c1-3-14-10(8-12)4-6-11(7-5-10)9(2)13/h8H,3-7H2,1-2H3. The quantitative estimate of drug-likeness (QED) is 0.625. The molecule has 0 spiro atoms. The van der Waals surface area contributed by atoms with Crippen LogP contribution in [0.25, 0.3) is 0 Å². The minimum Gasteiger partial charge on any atom is -0.368 e. The Labute approximate surface area is 84.2 Å². The first kappa shape index (κ1) is 11.2. The van der Waals surface area contributed by atoms with E-state index in [2.05, 4.69) is 0 Å². The molecule has 4 nitrogen and oxygen atoms in total. The number of ether oxygens (including phenoxy) is 1. The van der Waals surface area contributed by atoms with Crippen LogP contribution >= 0.6 is 0 Å². The average Bonchev–Trinajstić information content (AvgIpc) is 2.19. The van der Waals surface area contributed by atoms with Crippen LogP contribution in [0.2, 0.25) is 0 Å². The fourth-order valence-electron chi connectivity index (χ4n) is 1.78. The summed E-state index contributed by atoms with van der Waals surface area (Å²) in [5.41, 5.74) is -0.638. The summed E-state index contributed by atoms with van der Waals surface area (Å²) in [6.07, 6.45) is 2.11. The Morgan fingerprint density at radius 3 is 2.43 bits per heavy atom. The SMILES string of the molecule is CCOC1(C=O)CCN(C(C)=O)CC1. The van der Waals surface area contributed by atoms with Gasteiger partial charge in [0.2, 0.25) is 5.91 Å². The van der Waals surface area contributed by atoms with Crippen LogP contribution < -0.4 is 0 Å². The van der Waals surface area contributed by atoms with Gasteiger partial charge in [0.15, 0.2) is 6.29 Å². The molecule has 0 aromatic rings. The van der Waals surface area contributed by atoms with E-state index in [1.54, 1.807) is 11.8 Å². The number of likely N-dealkylation sites (tertiary alicyclic amines) is 1. The first-order valence-corrected chi connectivity index (χ1v) is 4.99. The van der Waals surface area contributed by atoms with Gasteiger partial charge in [-0.25, -0.2) is 0 Å². The number of aldehydes is 1. The summed E-state index contributed by atoms with van der Waals surface area (Å²) in [5.74, 6) is 0.0704. The van der Waals surface area contributed by atoms with Crippen LogP contribution in [0.5, 0.6) is 0 Å². The van der Waals surface area contributed by atoms with Crippen molar-refractivity contribution in [3.05, 3.63) is 0 Å². The zero-order chi connectivity index (χ0) is 10.6. The van der Waals surface area contributed by atoms with Crippen molar-refractivity contribution < 1.29 is 14.3 Å². The summed E-state index contributed by atoms with van der Waals surface area (Å²) in [4.78, 5) is 23.7. The molecule has 0 N–H and O–H groups in total. The summed E-state index contributed by atoms with van der Waals surface area (Å²) in [6.45, 7) is 5.21. The number of hydrogen-bond donors (Lipinski definition) is 0. The van der Waals surface area contributed by atoms with Crippen LogP contribution in [0, 0.1) is 0 Å². The zero-order valence-electron chi connectivity index (χ0n) is 8.78. The highest BCUT2D eigenvalue weighted by atomic mass is 16.5. The smallest absolute Gasteiger partial charge is 0.219 e. The van der Waals surface area contributed by atoms with E-state index in [-0.39, 0.29) is 5.91 Å². The van der Waals surface area contributed by atoms with Gasteiger partial charge in [-0.05, 0) is 6.92 Å². The van der Waals surface area contributed by atoms with Gasteiger partial charge >= 0.3 is 0 Å². The first-order chi connectivity index (χ1) is 6.63. The molecule has 14 heavy (non-hydrogen) atoms. The van der Waals surface area contributed by atoms with Crippen LogP contribution in [0.1, 0.15) is 26.7 Å². The van der Waals surface area contributed by atoms with Crippen LogP contribution in [0.4, 0.5) is 0 Å². The summed E-state index contributed by atoms with van der Waals surface area (Å²) >= 11 is 0. The molecule has 0 aromatic carbocycles. The van der Waals surface area contributed by atoms with Gasteiger partial charge in [0, 0.05) is 39.5 Å². The highest BCUT2D eigenvalue weighted by Gasteiger charge is 2.35. The normalized spacial score (nSPS) is 20.6. The van der Waals surface area contributed by atoms with E-state index in [4.69, 9.17) is 4.74 Å². The fraction of sp³-hybridized carbons (Fsp3) is 0.800. The van der Waals surface area contributed by atoms with Crippen molar-refractivity contribution >= 4 is 12.2 Å². The van der Waals surface area contributed by atoms with Crippen molar-refractivity contribution in [3.63, 3.8) is 0 Å². The molecule has 1 rings (SSSR count). The minimum absolute atomic E-state index is 0.0704. The number of nitrogens with zero attached hydrogens (tertiary/aromatic N) is 1. The lowest BCUT2D eigenvalue weighted by Crippen LogP contribution is -2.48. The Bertz CT molecular complexity index is 219. The van der Waals surface area contributed by atoms with Gasteiger partial charge in [0.1, 0.15) is 5.60 Å². The molecule has 0 bridgehead atoms. The molecule has 4 heteroatoms. The maximum Gasteiger partial charge on any atom is 0.219 e. The Kier molecular flexibility index (Phi) is 3.63. The van der Waals surface area contributed by atoms with E-state index in [0.29, 0.717) is 32.5 Å². The average molecular weight is 199 g/mol. The highest BCUT2D eigenvalue weighted by molar-refractivity contribution is 5.74. The summed E-state index contributed by atoms with van der Waals surface area (Å²) in [7, 11) is 0. The van der Waals surface area contributed by atoms with Gasteiger partial charge in [-0.1, -0.05) is 0 Å². The maximum atomic E-state index is 11.1. The Balaban J connectivity index is 2.54. The second-order valence-corrected chi connectivity index (χ2v) is 3.62. The lowest BCUT2D eigenvalue weighted by atomic mass is 9.92. The van der Waals surface area contributed by atoms with E-state index < -0.39 is 5.60 Å².